The van der Waals surface area contributed by atoms with Crippen LogP contribution in [0.2, 0.25) is 0 Å². The van der Waals surface area contributed by atoms with Gasteiger partial charge in [-0.25, -0.2) is 0 Å². The Morgan fingerprint density at radius 3 is 2.43 bits per heavy atom. The van der Waals surface area contributed by atoms with Gasteiger partial charge in [0.2, 0.25) is 5.91 Å². The van der Waals surface area contributed by atoms with Crippen LogP contribution in [-0.2, 0) is 16.0 Å². The molecular weight excluding hydrogens is 352 g/mol. The van der Waals surface area contributed by atoms with Gasteiger partial charge >= 0.3 is 0 Å². The number of benzene rings is 2. The Hall–Kier alpha value is -2.82. The van der Waals surface area contributed by atoms with E-state index >= 15 is 0 Å². The molecule has 1 unspecified atom stereocenters. The van der Waals surface area contributed by atoms with Gasteiger partial charge in [-0.3, -0.25) is 9.59 Å². The monoisotopic (exact) mass is 382 g/mol. The van der Waals surface area contributed by atoms with Crippen LogP contribution in [0.15, 0.2) is 42.5 Å². The molecular formula is C23H30N2O3. The fourth-order valence-corrected chi connectivity index (χ4v) is 3.15. The SMILES string of the molecule is CNC(=O)C(C)N(CCc1ccccc1)C(=O)COc1cc(C)cc(C)c1C. The van der Waals surface area contributed by atoms with Crippen LogP contribution < -0.4 is 10.1 Å². The summed E-state index contributed by atoms with van der Waals surface area (Å²) in [5.41, 5.74) is 4.36. The molecule has 2 rings (SSSR count). The van der Waals surface area contributed by atoms with Crippen molar-refractivity contribution >= 4 is 11.8 Å². The molecule has 2 aromatic carbocycles. The lowest BCUT2D eigenvalue weighted by atomic mass is 10.1. The Balaban J connectivity index is 2.10. The third-order valence-electron chi connectivity index (χ3n) is 5.01. The fraction of sp³-hybridized carbons (Fsp3) is 0.391. The number of ether oxygens (including phenoxy) is 1. The molecule has 0 aliphatic rings. The minimum Gasteiger partial charge on any atom is -0.483 e. The summed E-state index contributed by atoms with van der Waals surface area (Å²) in [7, 11) is 1.58. The minimum atomic E-state index is -0.565. The first-order valence-corrected chi connectivity index (χ1v) is 9.59. The Labute approximate surface area is 167 Å². The Morgan fingerprint density at radius 2 is 1.79 bits per heavy atom. The summed E-state index contributed by atoms with van der Waals surface area (Å²) < 4.78 is 5.83. The van der Waals surface area contributed by atoms with E-state index in [-0.39, 0.29) is 18.4 Å². The highest BCUT2D eigenvalue weighted by atomic mass is 16.5. The van der Waals surface area contributed by atoms with Crippen LogP contribution in [-0.4, -0.2) is 43.0 Å². The first-order valence-electron chi connectivity index (χ1n) is 9.59. The molecule has 28 heavy (non-hydrogen) atoms. The van der Waals surface area contributed by atoms with Gasteiger partial charge in [0.15, 0.2) is 6.61 Å². The second-order valence-corrected chi connectivity index (χ2v) is 7.11. The van der Waals surface area contributed by atoms with E-state index in [1.807, 2.05) is 57.2 Å². The average Bonchev–Trinajstić information content (AvgIpc) is 2.69. The van der Waals surface area contributed by atoms with Gasteiger partial charge in [0.05, 0.1) is 0 Å². The molecule has 0 fully saturated rings. The number of nitrogens with zero attached hydrogens (tertiary/aromatic N) is 1. The highest BCUT2D eigenvalue weighted by molar-refractivity contribution is 5.87. The van der Waals surface area contributed by atoms with E-state index in [9.17, 15) is 9.59 Å². The standard InChI is InChI=1S/C23H30N2O3/c1-16-13-17(2)18(3)21(14-16)28-15-22(26)25(19(4)23(27)24-5)12-11-20-9-7-6-8-10-20/h6-10,13-14,19H,11-12,15H2,1-5H3,(H,24,27). The summed E-state index contributed by atoms with van der Waals surface area (Å²) in [5.74, 6) is 0.316. The summed E-state index contributed by atoms with van der Waals surface area (Å²) in [4.78, 5) is 26.6. The number of amides is 2. The molecule has 0 aliphatic carbocycles. The lowest BCUT2D eigenvalue weighted by Crippen LogP contribution is -2.49. The van der Waals surface area contributed by atoms with Crippen molar-refractivity contribution in [2.45, 2.75) is 40.2 Å². The summed E-state index contributed by atoms with van der Waals surface area (Å²) in [5, 5.41) is 2.62. The predicted octanol–water partition coefficient (Wildman–Crippen LogP) is 3.20. The van der Waals surface area contributed by atoms with E-state index in [0.29, 0.717) is 18.7 Å². The molecule has 0 radical (unpaired) electrons. The highest BCUT2D eigenvalue weighted by Gasteiger charge is 2.25. The largest absolute Gasteiger partial charge is 0.483 e. The third-order valence-corrected chi connectivity index (χ3v) is 5.01. The number of nitrogens with one attached hydrogen (secondary N) is 1. The van der Waals surface area contributed by atoms with E-state index in [1.54, 1.807) is 18.9 Å². The van der Waals surface area contributed by atoms with E-state index in [1.165, 1.54) is 0 Å². The Morgan fingerprint density at radius 1 is 1.11 bits per heavy atom. The molecule has 0 saturated heterocycles. The number of hydrogen-bond donors (Lipinski definition) is 1. The molecule has 150 valence electrons. The molecule has 0 spiro atoms. The maximum atomic E-state index is 12.9. The van der Waals surface area contributed by atoms with Crippen molar-refractivity contribution in [2.24, 2.45) is 0 Å². The quantitative estimate of drug-likeness (QED) is 0.763. The zero-order valence-electron chi connectivity index (χ0n) is 17.4. The van der Waals surface area contributed by atoms with E-state index in [4.69, 9.17) is 4.74 Å². The summed E-state index contributed by atoms with van der Waals surface area (Å²) >= 11 is 0. The van der Waals surface area contributed by atoms with Gasteiger partial charge in [0, 0.05) is 13.6 Å². The minimum absolute atomic E-state index is 0.0974. The predicted molar refractivity (Wildman–Crippen MR) is 112 cm³/mol. The van der Waals surface area contributed by atoms with Crippen LogP contribution in [0.4, 0.5) is 0 Å². The van der Waals surface area contributed by atoms with E-state index in [0.717, 1.165) is 22.3 Å². The Bertz CT molecular complexity index is 818. The maximum Gasteiger partial charge on any atom is 0.261 e. The van der Waals surface area contributed by atoms with E-state index in [2.05, 4.69) is 11.4 Å². The van der Waals surface area contributed by atoms with Gasteiger partial charge in [-0.2, -0.15) is 0 Å². The number of rotatable bonds is 8. The lowest BCUT2D eigenvalue weighted by Gasteiger charge is -2.28. The molecule has 5 heteroatoms. The topological polar surface area (TPSA) is 58.6 Å². The zero-order chi connectivity index (χ0) is 20.7. The number of hydrogen-bond acceptors (Lipinski definition) is 3. The van der Waals surface area contributed by atoms with Crippen LogP contribution in [0.1, 0.15) is 29.2 Å². The number of likely N-dealkylation sites (N-methyl/N-ethyl adjacent to an activating group) is 1. The van der Waals surface area contributed by atoms with Crippen molar-refractivity contribution < 1.29 is 14.3 Å². The van der Waals surface area contributed by atoms with Gasteiger partial charge < -0.3 is 15.0 Å². The molecule has 0 heterocycles. The normalized spacial score (nSPS) is 11.6. The molecule has 0 aliphatic heterocycles. The van der Waals surface area contributed by atoms with Crippen LogP contribution in [0.3, 0.4) is 0 Å². The molecule has 0 saturated carbocycles. The van der Waals surface area contributed by atoms with Crippen LogP contribution in [0, 0.1) is 20.8 Å². The van der Waals surface area contributed by atoms with Gasteiger partial charge in [-0.15, -0.1) is 0 Å². The van der Waals surface area contributed by atoms with Gasteiger partial charge in [-0.05, 0) is 62.4 Å². The first-order chi connectivity index (χ1) is 13.3. The second-order valence-electron chi connectivity index (χ2n) is 7.11. The van der Waals surface area contributed by atoms with Crippen LogP contribution >= 0.6 is 0 Å². The second kappa shape index (κ2) is 9.93. The molecule has 0 aromatic heterocycles. The smallest absolute Gasteiger partial charge is 0.261 e. The third kappa shape index (κ3) is 5.59. The maximum absolute atomic E-state index is 12.9. The summed E-state index contributed by atoms with van der Waals surface area (Å²) in [6.07, 6.45) is 0.677. The molecule has 2 amide bonds. The van der Waals surface area contributed by atoms with Crippen LogP contribution in [0.5, 0.6) is 5.75 Å². The molecule has 1 N–H and O–H groups in total. The van der Waals surface area contributed by atoms with Crippen LogP contribution in [0.25, 0.3) is 0 Å². The zero-order valence-corrected chi connectivity index (χ0v) is 17.4. The molecule has 5 nitrogen and oxygen atoms in total. The van der Waals surface area contributed by atoms with Gasteiger partial charge in [0.1, 0.15) is 11.8 Å². The molecule has 2 aromatic rings. The van der Waals surface area contributed by atoms with E-state index < -0.39 is 6.04 Å². The van der Waals surface area contributed by atoms with Gasteiger partial charge in [-0.1, -0.05) is 36.4 Å². The fourth-order valence-electron chi connectivity index (χ4n) is 3.15. The first kappa shape index (κ1) is 21.5. The van der Waals surface area contributed by atoms with Crippen molar-refractivity contribution in [3.8, 4) is 5.75 Å². The van der Waals surface area contributed by atoms with Crippen molar-refractivity contribution in [1.82, 2.24) is 10.2 Å². The number of carbonyl (C=O) groups is 2. The number of aryl methyl sites for hydroxylation is 2. The Kier molecular flexibility index (Phi) is 7.61. The van der Waals surface area contributed by atoms with Gasteiger partial charge in [0.25, 0.3) is 5.91 Å². The average molecular weight is 383 g/mol. The van der Waals surface area contributed by atoms with Crippen molar-refractivity contribution in [2.75, 3.05) is 20.2 Å². The summed E-state index contributed by atoms with van der Waals surface area (Å²) in [6, 6.07) is 13.4. The van der Waals surface area contributed by atoms with Crippen molar-refractivity contribution in [3.05, 3.63) is 64.7 Å². The van der Waals surface area contributed by atoms with Crippen molar-refractivity contribution in [3.63, 3.8) is 0 Å². The molecule has 1 atom stereocenters. The van der Waals surface area contributed by atoms with Crippen molar-refractivity contribution in [1.29, 1.82) is 0 Å². The summed E-state index contributed by atoms with van der Waals surface area (Å²) in [6.45, 7) is 8.10. The lowest BCUT2D eigenvalue weighted by molar-refractivity contribution is -0.141. The molecule has 0 bridgehead atoms. The number of carbonyl (C=O) groups excluding carboxylic acids is 2. The highest BCUT2D eigenvalue weighted by Crippen LogP contribution is 2.23.